The third-order valence-corrected chi connectivity index (χ3v) is 1.43. The third-order valence-electron chi connectivity index (χ3n) is 1.43. The lowest BCUT2D eigenvalue weighted by Crippen LogP contribution is -2.13. The first-order valence-corrected chi connectivity index (χ1v) is 3.71. The van der Waals surface area contributed by atoms with E-state index in [-0.39, 0.29) is 5.56 Å². The van der Waals surface area contributed by atoms with Crippen molar-refractivity contribution in [3.63, 3.8) is 0 Å². The topological polar surface area (TPSA) is 44.9 Å². The molecule has 0 saturated heterocycles. The van der Waals surface area contributed by atoms with Crippen LogP contribution < -0.4 is 10.9 Å². The molecule has 0 saturated carbocycles. The number of hydrogen-bond acceptors (Lipinski definition) is 2. The summed E-state index contributed by atoms with van der Waals surface area (Å²) in [7, 11) is 0. The zero-order valence-corrected chi connectivity index (χ0v) is 6.55. The van der Waals surface area contributed by atoms with Crippen LogP contribution in [0.25, 0.3) is 0 Å². The van der Waals surface area contributed by atoms with E-state index in [1.807, 2.05) is 13.0 Å². The minimum Gasteiger partial charge on any atom is -0.329 e. The highest BCUT2D eigenvalue weighted by atomic mass is 16.1. The van der Waals surface area contributed by atoms with Crippen LogP contribution >= 0.6 is 0 Å². The summed E-state index contributed by atoms with van der Waals surface area (Å²) >= 11 is 0. The smallest absolute Gasteiger partial charge is 0.247 e. The minimum atomic E-state index is -0.0507. The molecule has 0 amide bonds. The van der Waals surface area contributed by atoms with Gasteiger partial charge in [-0.3, -0.25) is 4.79 Å². The van der Waals surface area contributed by atoms with E-state index in [9.17, 15) is 4.79 Å². The SMILES string of the molecule is CCNCc1ccc(=O)[nH]c1. The third kappa shape index (κ3) is 2.55. The van der Waals surface area contributed by atoms with Gasteiger partial charge >= 0.3 is 0 Å². The first-order chi connectivity index (χ1) is 5.33. The second-order valence-electron chi connectivity index (χ2n) is 2.34. The maximum Gasteiger partial charge on any atom is 0.247 e. The molecule has 0 aliphatic carbocycles. The average molecular weight is 152 g/mol. The summed E-state index contributed by atoms with van der Waals surface area (Å²) < 4.78 is 0. The Morgan fingerprint density at radius 1 is 1.55 bits per heavy atom. The second kappa shape index (κ2) is 3.93. The molecule has 0 unspecified atom stereocenters. The summed E-state index contributed by atoms with van der Waals surface area (Å²) in [5, 5.41) is 3.16. The fourth-order valence-electron chi connectivity index (χ4n) is 0.822. The van der Waals surface area contributed by atoms with Crippen molar-refractivity contribution in [3.05, 3.63) is 34.2 Å². The fraction of sp³-hybridized carbons (Fsp3) is 0.375. The number of H-pyrrole nitrogens is 1. The van der Waals surface area contributed by atoms with Gasteiger partial charge in [-0.2, -0.15) is 0 Å². The van der Waals surface area contributed by atoms with Crippen molar-refractivity contribution in [2.24, 2.45) is 0 Å². The Kier molecular flexibility index (Phi) is 2.86. The van der Waals surface area contributed by atoms with E-state index in [0.29, 0.717) is 0 Å². The fourth-order valence-corrected chi connectivity index (χ4v) is 0.822. The number of rotatable bonds is 3. The quantitative estimate of drug-likeness (QED) is 0.661. The Balaban J connectivity index is 2.59. The van der Waals surface area contributed by atoms with Crippen LogP contribution in [-0.4, -0.2) is 11.5 Å². The van der Waals surface area contributed by atoms with Crippen molar-refractivity contribution in [1.82, 2.24) is 10.3 Å². The van der Waals surface area contributed by atoms with Gasteiger partial charge in [0.15, 0.2) is 0 Å². The van der Waals surface area contributed by atoms with Crippen molar-refractivity contribution < 1.29 is 0 Å². The number of nitrogens with one attached hydrogen (secondary N) is 2. The van der Waals surface area contributed by atoms with Gasteiger partial charge in [0.2, 0.25) is 5.56 Å². The van der Waals surface area contributed by atoms with Gasteiger partial charge in [-0.25, -0.2) is 0 Å². The summed E-state index contributed by atoms with van der Waals surface area (Å²) in [6, 6.07) is 3.36. The Labute approximate surface area is 65.5 Å². The van der Waals surface area contributed by atoms with Crippen molar-refractivity contribution in [3.8, 4) is 0 Å². The van der Waals surface area contributed by atoms with Crippen LogP contribution in [0.1, 0.15) is 12.5 Å². The van der Waals surface area contributed by atoms with Gasteiger partial charge in [0.1, 0.15) is 0 Å². The summed E-state index contributed by atoms with van der Waals surface area (Å²) in [4.78, 5) is 13.2. The van der Waals surface area contributed by atoms with Gasteiger partial charge in [0.05, 0.1) is 0 Å². The van der Waals surface area contributed by atoms with Crippen LogP contribution in [0.3, 0.4) is 0 Å². The molecule has 0 bridgehead atoms. The van der Waals surface area contributed by atoms with Crippen LogP contribution in [0.5, 0.6) is 0 Å². The van der Waals surface area contributed by atoms with E-state index >= 15 is 0 Å². The largest absolute Gasteiger partial charge is 0.329 e. The predicted octanol–water partition coefficient (Wildman–Crippen LogP) is 0.484. The van der Waals surface area contributed by atoms with Gasteiger partial charge in [-0.15, -0.1) is 0 Å². The predicted molar refractivity (Wildman–Crippen MR) is 44.4 cm³/mol. The maximum absolute atomic E-state index is 10.6. The summed E-state index contributed by atoms with van der Waals surface area (Å²) in [5.41, 5.74) is 1.05. The van der Waals surface area contributed by atoms with Gasteiger partial charge in [-0.05, 0) is 12.1 Å². The lowest BCUT2D eigenvalue weighted by atomic mass is 10.3. The molecular formula is C8H12N2O. The molecule has 1 aromatic rings. The van der Waals surface area contributed by atoms with Gasteiger partial charge in [0, 0.05) is 18.8 Å². The Morgan fingerprint density at radius 3 is 2.91 bits per heavy atom. The summed E-state index contributed by atoms with van der Waals surface area (Å²) in [6.45, 7) is 3.80. The second-order valence-corrected chi connectivity index (χ2v) is 2.34. The highest BCUT2D eigenvalue weighted by Crippen LogP contribution is 1.90. The van der Waals surface area contributed by atoms with Crippen LogP contribution in [0, 0.1) is 0 Å². The van der Waals surface area contributed by atoms with Crippen LogP contribution in [0.2, 0.25) is 0 Å². The molecule has 11 heavy (non-hydrogen) atoms. The average Bonchev–Trinajstić information content (AvgIpc) is 2.04. The molecule has 0 spiro atoms. The molecule has 0 radical (unpaired) electrons. The van der Waals surface area contributed by atoms with E-state index < -0.39 is 0 Å². The summed E-state index contributed by atoms with van der Waals surface area (Å²) in [6.07, 6.45) is 1.73. The lowest BCUT2D eigenvalue weighted by molar-refractivity contribution is 0.724. The van der Waals surface area contributed by atoms with Gasteiger partial charge in [0.25, 0.3) is 0 Å². The first kappa shape index (κ1) is 8.01. The first-order valence-electron chi connectivity index (χ1n) is 3.71. The van der Waals surface area contributed by atoms with E-state index in [2.05, 4.69) is 10.3 Å². The van der Waals surface area contributed by atoms with Crippen molar-refractivity contribution in [2.75, 3.05) is 6.54 Å². The van der Waals surface area contributed by atoms with Gasteiger partial charge in [-0.1, -0.05) is 13.0 Å². The van der Waals surface area contributed by atoms with Crippen molar-refractivity contribution in [1.29, 1.82) is 0 Å². The van der Waals surface area contributed by atoms with E-state index in [4.69, 9.17) is 0 Å². The molecule has 0 atom stereocenters. The van der Waals surface area contributed by atoms with Crippen LogP contribution in [0.15, 0.2) is 23.1 Å². The Bertz CT molecular complexity index is 247. The molecule has 1 aromatic heterocycles. The molecule has 3 heteroatoms. The molecule has 0 aromatic carbocycles. The Hall–Kier alpha value is -1.09. The molecule has 0 aliphatic heterocycles. The van der Waals surface area contributed by atoms with E-state index in [1.165, 1.54) is 6.07 Å². The van der Waals surface area contributed by atoms with Crippen molar-refractivity contribution >= 4 is 0 Å². The molecule has 2 N–H and O–H groups in total. The normalized spacial score (nSPS) is 9.91. The van der Waals surface area contributed by atoms with E-state index in [1.54, 1.807) is 6.20 Å². The van der Waals surface area contributed by atoms with Crippen molar-refractivity contribution in [2.45, 2.75) is 13.5 Å². The number of aromatic nitrogens is 1. The standard InChI is InChI=1S/C8H12N2O/c1-2-9-5-7-3-4-8(11)10-6-7/h3-4,6,9H,2,5H2,1H3,(H,10,11). The molecule has 0 aliphatic rings. The number of aromatic amines is 1. The monoisotopic (exact) mass is 152 g/mol. The lowest BCUT2D eigenvalue weighted by Gasteiger charge is -1.99. The Morgan fingerprint density at radius 2 is 2.36 bits per heavy atom. The molecule has 0 fully saturated rings. The maximum atomic E-state index is 10.6. The van der Waals surface area contributed by atoms with Crippen LogP contribution in [0.4, 0.5) is 0 Å². The van der Waals surface area contributed by atoms with Crippen LogP contribution in [-0.2, 0) is 6.54 Å². The molecule has 60 valence electrons. The highest BCUT2D eigenvalue weighted by Gasteiger charge is 1.88. The zero-order chi connectivity index (χ0) is 8.10. The van der Waals surface area contributed by atoms with Gasteiger partial charge < -0.3 is 10.3 Å². The van der Waals surface area contributed by atoms with E-state index in [0.717, 1.165) is 18.7 Å². The summed E-state index contributed by atoms with van der Waals surface area (Å²) in [5.74, 6) is 0. The number of pyridine rings is 1. The molecule has 3 nitrogen and oxygen atoms in total. The molecular weight excluding hydrogens is 140 g/mol. The number of hydrogen-bond donors (Lipinski definition) is 2. The highest BCUT2D eigenvalue weighted by molar-refractivity contribution is 5.07. The zero-order valence-electron chi connectivity index (χ0n) is 6.55. The molecule has 1 rings (SSSR count). The molecule has 1 heterocycles. The minimum absolute atomic E-state index is 0.0507.